The third-order valence-corrected chi connectivity index (χ3v) is 4.11. The highest BCUT2D eigenvalue weighted by atomic mass is 19.3. The molecule has 0 aromatic heterocycles. The van der Waals surface area contributed by atoms with E-state index < -0.39 is 40.5 Å². The number of anilines is 2. The van der Waals surface area contributed by atoms with Gasteiger partial charge in [0.2, 0.25) is 0 Å². The van der Waals surface area contributed by atoms with Gasteiger partial charge >= 0.3 is 6.61 Å². The largest absolute Gasteiger partial charge is 0.493 e. The van der Waals surface area contributed by atoms with Crippen LogP contribution in [0, 0.1) is 10.1 Å². The molecule has 0 saturated heterocycles. The summed E-state index contributed by atoms with van der Waals surface area (Å²) in [5.74, 6) is -1.76. The molecule has 0 saturated carbocycles. The third kappa shape index (κ3) is 4.21. The maximum Gasteiger partial charge on any atom is 0.387 e. The fourth-order valence-corrected chi connectivity index (χ4v) is 2.71. The molecule has 1 aliphatic heterocycles. The average molecular weight is 423 g/mol. The van der Waals surface area contributed by atoms with Crippen LogP contribution in [0.25, 0.3) is 0 Å². The standard InChI is InChI=1S/C18H15F2N3O7/c1-8-16(24)22-11-5-9(3-4-13(11)29-8)21-17(25)10-6-14(28-2)15(30-18(19)20)7-12(10)23(26)27/h3-8,18H,1-2H3,(H,21,25)(H,22,24)/t8-/m0/s1. The molecule has 10 nitrogen and oxygen atoms in total. The molecule has 2 aromatic carbocycles. The molecule has 30 heavy (non-hydrogen) atoms. The summed E-state index contributed by atoms with van der Waals surface area (Å²) < 4.78 is 39.6. The number of amides is 2. The molecule has 0 bridgehead atoms. The number of halogens is 2. The van der Waals surface area contributed by atoms with Crippen LogP contribution >= 0.6 is 0 Å². The first-order valence-electron chi connectivity index (χ1n) is 8.43. The molecule has 2 amide bonds. The van der Waals surface area contributed by atoms with E-state index in [0.717, 1.165) is 13.2 Å². The predicted molar refractivity (Wildman–Crippen MR) is 99.4 cm³/mol. The molecule has 0 fully saturated rings. The molecule has 1 heterocycles. The van der Waals surface area contributed by atoms with E-state index in [9.17, 15) is 28.5 Å². The summed E-state index contributed by atoms with van der Waals surface area (Å²) in [5.41, 5.74) is -0.681. The van der Waals surface area contributed by atoms with Crippen molar-refractivity contribution in [2.75, 3.05) is 17.7 Å². The van der Waals surface area contributed by atoms with Gasteiger partial charge in [-0.1, -0.05) is 0 Å². The lowest BCUT2D eigenvalue weighted by molar-refractivity contribution is -0.385. The number of benzene rings is 2. The molecule has 2 N–H and O–H groups in total. The smallest absolute Gasteiger partial charge is 0.387 e. The Balaban J connectivity index is 1.92. The Bertz CT molecular complexity index is 1030. The van der Waals surface area contributed by atoms with E-state index in [1.807, 2.05) is 0 Å². The van der Waals surface area contributed by atoms with Crippen LogP contribution in [0.3, 0.4) is 0 Å². The Morgan fingerprint density at radius 1 is 1.30 bits per heavy atom. The lowest BCUT2D eigenvalue weighted by Crippen LogP contribution is -2.34. The van der Waals surface area contributed by atoms with Crippen LogP contribution in [-0.4, -0.2) is 36.6 Å². The Morgan fingerprint density at radius 3 is 2.67 bits per heavy atom. The van der Waals surface area contributed by atoms with Gasteiger partial charge in [0, 0.05) is 11.8 Å². The number of hydrogen-bond donors (Lipinski definition) is 2. The van der Waals surface area contributed by atoms with Crippen molar-refractivity contribution in [2.24, 2.45) is 0 Å². The zero-order chi connectivity index (χ0) is 22.0. The number of nitro benzene ring substituents is 1. The quantitative estimate of drug-likeness (QED) is 0.539. The molecular formula is C18H15F2N3O7. The first-order valence-corrected chi connectivity index (χ1v) is 8.43. The molecule has 1 atom stereocenters. The van der Waals surface area contributed by atoms with Crippen molar-refractivity contribution in [3.63, 3.8) is 0 Å². The lowest BCUT2D eigenvalue weighted by Gasteiger charge is -2.23. The van der Waals surface area contributed by atoms with E-state index in [2.05, 4.69) is 15.4 Å². The highest BCUT2D eigenvalue weighted by Crippen LogP contribution is 2.37. The highest BCUT2D eigenvalue weighted by molar-refractivity contribution is 6.08. The van der Waals surface area contributed by atoms with Gasteiger partial charge in [0.25, 0.3) is 17.5 Å². The van der Waals surface area contributed by atoms with Gasteiger partial charge in [-0.15, -0.1) is 0 Å². The van der Waals surface area contributed by atoms with Gasteiger partial charge in [0.15, 0.2) is 17.6 Å². The Hall–Kier alpha value is -3.96. The van der Waals surface area contributed by atoms with Gasteiger partial charge in [0.1, 0.15) is 11.3 Å². The number of alkyl halides is 2. The maximum absolute atomic E-state index is 12.6. The minimum absolute atomic E-state index is 0.207. The Kier molecular flexibility index (Phi) is 5.67. The maximum atomic E-state index is 12.6. The molecule has 0 unspecified atom stereocenters. The van der Waals surface area contributed by atoms with E-state index in [1.165, 1.54) is 18.2 Å². The number of nitrogens with one attached hydrogen (secondary N) is 2. The number of carbonyl (C=O) groups excluding carboxylic acids is 2. The van der Waals surface area contributed by atoms with Crippen LogP contribution in [0.1, 0.15) is 17.3 Å². The number of methoxy groups -OCH3 is 1. The lowest BCUT2D eigenvalue weighted by atomic mass is 10.1. The normalized spacial score (nSPS) is 15.0. The Morgan fingerprint density at radius 2 is 2.03 bits per heavy atom. The SMILES string of the molecule is COc1cc(C(=O)Nc2ccc3c(c2)NC(=O)[C@H](C)O3)c([N+](=O)[O-])cc1OC(F)F. The van der Waals surface area contributed by atoms with E-state index in [1.54, 1.807) is 6.92 Å². The van der Waals surface area contributed by atoms with Crippen LogP contribution in [0.5, 0.6) is 17.2 Å². The van der Waals surface area contributed by atoms with E-state index in [-0.39, 0.29) is 17.3 Å². The molecule has 158 valence electrons. The number of fused-ring (bicyclic) bond motifs is 1. The van der Waals surface area contributed by atoms with Gasteiger partial charge < -0.3 is 24.8 Å². The average Bonchev–Trinajstić information content (AvgIpc) is 2.68. The summed E-state index contributed by atoms with van der Waals surface area (Å²) in [4.78, 5) is 34.8. The minimum Gasteiger partial charge on any atom is -0.493 e. The van der Waals surface area contributed by atoms with Crippen molar-refractivity contribution in [3.05, 3.63) is 46.0 Å². The first kappa shape index (κ1) is 20.8. The third-order valence-electron chi connectivity index (χ3n) is 4.11. The van der Waals surface area contributed by atoms with Crippen molar-refractivity contribution in [1.29, 1.82) is 0 Å². The van der Waals surface area contributed by atoms with Gasteiger partial charge in [-0.05, 0) is 25.1 Å². The minimum atomic E-state index is -3.24. The topological polar surface area (TPSA) is 129 Å². The molecule has 0 spiro atoms. The summed E-state index contributed by atoms with van der Waals surface area (Å²) in [7, 11) is 1.13. The van der Waals surface area contributed by atoms with Crippen molar-refractivity contribution in [2.45, 2.75) is 19.6 Å². The van der Waals surface area contributed by atoms with Crippen molar-refractivity contribution >= 4 is 28.9 Å². The summed E-state index contributed by atoms with van der Waals surface area (Å²) in [6.07, 6.45) is -0.679. The van der Waals surface area contributed by atoms with Gasteiger partial charge in [-0.25, -0.2) is 0 Å². The molecule has 2 aromatic rings. The van der Waals surface area contributed by atoms with Gasteiger partial charge in [-0.3, -0.25) is 19.7 Å². The summed E-state index contributed by atoms with van der Waals surface area (Å²) in [6, 6.07) is 6.00. The van der Waals surface area contributed by atoms with Crippen LogP contribution in [0.2, 0.25) is 0 Å². The zero-order valence-corrected chi connectivity index (χ0v) is 15.6. The number of rotatable bonds is 6. The molecule has 1 aliphatic rings. The van der Waals surface area contributed by atoms with E-state index in [4.69, 9.17) is 9.47 Å². The first-order chi connectivity index (χ1) is 14.2. The molecule has 12 heteroatoms. The van der Waals surface area contributed by atoms with E-state index in [0.29, 0.717) is 17.5 Å². The van der Waals surface area contributed by atoms with Crippen molar-refractivity contribution in [1.82, 2.24) is 0 Å². The molecule has 0 aliphatic carbocycles. The summed E-state index contributed by atoms with van der Waals surface area (Å²) in [6.45, 7) is -1.67. The number of hydrogen-bond acceptors (Lipinski definition) is 7. The van der Waals surface area contributed by atoms with Crippen LogP contribution in [0.15, 0.2) is 30.3 Å². The molecule has 3 rings (SSSR count). The molecular weight excluding hydrogens is 408 g/mol. The van der Waals surface area contributed by atoms with E-state index >= 15 is 0 Å². The summed E-state index contributed by atoms with van der Waals surface area (Å²) in [5, 5.41) is 16.4. The van der Waals surface area contributed by atoms with Gasteiger partial charge in [0.05, 0.1) is 23.8 Å². The van der Waals surface area contributed by atoms with Crippen molar-refractivity contribution in [3.8, 4) is 17.2 Å². The van der Waals surface area contributed by atoms with Gasteiger partial charge in [-0.2, -0.15) is 8.78 Å². The highest BCUT2D eigenvalue weighted by Gasteiger charge is 2.27. The number of ether oxygens (including phenoxy) is 3. The predicted octanol–water partition coefficient (Wildman–Crippen LogP) is 3.18. The van der Waals surface area contributed by atoms with Crippen LogP contribution in [-0.2, 0) is 4.79 Å². The summed E-state index contributed by atoms with van der Waals surface area (Å²) >= 11 is 0. The number of nitrogens with zero attached hydrogens (tertiary/aromatic N) is 1. The number of nitro groups is 1. The monoisotopic (exact) mass is 423 g/mol. The number of carbonyl (C=O) groups is 2. The van der Waals surface area contributed by atoms with Crippen LogP contribution in [0.4, 0.5) is 25.8 Å². The fraction of sp³-hybridized carbons (Fsp3) is 0.222. The van der Waals surface area contributed by atoms with Crippen LogP contribution < -0.4 is 24.8 Å². The molecule has 0 radical (unpaired) electrons. The second-order valence-electron chi connectivity index (χ2n) is 6.07. The Labute approximate surface area is 167 Å². The zero-order valence-electron chi connectivity index (χ0n) is 15.6. The van der Waals surface area contributed by atoms with Crippen molar-refractivity contribution < 1.29 is 37.5 Å². The fourth-order valence-electron chi connectivity index (χ4n) is 2.71. The second kappa shape index (κ2) is 8.19. The second-order valence-corrected chi connectivity index (χ2v) is 6.07.